The maximum atomic E-state index is 13.9. The number of methoxy groups -OCH3 is 1. The van der Waals surface area contributed by atoms with Crippen LogP contribution in [0.2, 0.25) is 0 Å². The minimum Gasteiger partial charge on any atom is -0.469 e. The monoisotopic (exact) mass is 277 g/mol. The van der Waals surface area contributed by atoms with Crippen molar-refractivity contribution in [2.75, 3.05) is 24.7 Å². The number of aromatic nitrogens is 1. The number of halogens is 1. The maximum absolute atomic E-state index is 13.9. The van der Waals surface area contributed by atoms with Crippen LogP contribution in [0.15, 0.2) is 24.4 Å². The number of rotatable bonds is 5. The molecule has 0 amide bonds. The molecule has 2 rings (SSSR count). The third-order valence-electron chi connectivity index (χ3n) is 2.99. The van der Waals surface area contributed by atoms with Gasteiger partial charge in [0.25, 0.3) is 0 Å². The Morgan fingerprint density at radius 3 is 3.00 bits per heavy atom. The SMILES string of the molecule is COC(=O)CCCNc1nccc2c(N)ccc(F)c12. The Morgan fingerprint density at radius 2 is 2.25 bits per heavy atom. The highest BCUT2D eigenvalue weighted by atomic mass is 19.1. The van der Waals surface area contributed by atoms with Crippen LogP contribution in [-0.4, -0.2) is 24.6 Å². The van der Waals surface area contributed by atoms with Crippen LogP contribution in [0.4, 0.5) is 15.9 Å². The lowest BCUT2D eigenvalue weighted by Gasteiger charge is -2.10. The second kappa shape index (κ2) is 6.18. The molecule has 0 saturated heterocycles. The summed E-state index contributed by atoms with van der Waals surface area (Å²) in [5.74, 6) is -0.219. The minimum absolute atomic E-state index is 0.270. The maximum Gasteiger partial charge on any atom is 0.305 e. The number of carbonyl (C=O) groups is 1. The molecule has 0 aliphatic rings. The zero-order valence-corrected chi connectivity index (χ0v) is 11.1. The van der Waals surface area contributed by atoms with E-state index in [0.717, 1.165) is 0 Å². The molecule has 0 fully saturated rings. The van der Waals surface area contributed by atoms with Gasteiger partial charge in [-0.1, -0.05) is 0 Å². The standard InChI is InChI=1S/C14H16FN3O2/c1-20-12(19)3-2-7-17-14-13-9(6-8-18-14)11(16)5-4-10(13)15/h4-6,8H,2-3,7,16H2,1H3,(H,17,18). The zero-order valence-electron chi connectivity index (χ0n) is 11.1. The number of anilines is 2. The number of benzene rings is 1. The molecule has 5 nitrogen and oxygen atoms in total. The van der Waals surface area contributed by atoms with Crippen LogP contribution in [0.3, 0.4) is 0 Å². The molecule has 1 aromatic carbocycles. The second-order valence-electron chi connectivity index (χ2n) is 4.33. The summed E-state index contributed by atoms with van der Waals surface area (Å²) < 4.78 is 18.5. The highest BCUT2D eigenvalue weighted by molar-refractivity contribution is 5.99. The van der Waals surface area contributed by atoms with Gasteiger partial charge in [-0.25, -0.2) is 9.37 Å². The molecule has 0 bridgehead atoms. The molecule has 0 spiro atoms. The minimum atomic E-state index is -0.377. The van der Waals surface area contributed by atoms with E-state index in [1.54, 1.807) is 12.3 Å². The Bertz CT molecular complexity index is 631. The van der Waals surface area contributed by atoms with Gasteiger partial charge in [-0.3, -0.25) is 4.79 Å². The fourth-order valence-electron chi connectivity index (χ4n) is 1.96. The van der Waals surface area contributed by atoms with E-state index >= 15 is 0 Å². The van der Waals surface area contributed by atoms with Gasteiger partial charge in [0.2, 0.25) is 0 Å². The molecule has 106 valence electrons. The molecule has 3 N–H and O–H groups in total. The Balaban J connectivity index is 2.14. The smallest absolute Gasteiger partial charge is 0.305 e. The van der Waals surface area contributed by atoms with E-state index in [0.29, 0.717) is 41.7 Å². The molecule has 0 unspecified atom stereocenters. The Labute approximate surface area is 115 Å². The number of nitrogen functional groups attached to an aromatic ring is 1. The molecule has 0 aliphatic heterocycles. The Hall–Kier alpha value is -2.37. The predicted molar refractivity (Wildman–Crippen MR) is 75.9 cm³/mol. The van der Waals surface area contributed by atoms with Gasteiger partial charge in [0, 0.05) is 30.2 Å². The van der Waals surface area contributed by atoms with Crippen LogP contribution in [0.1, 0.15) is 12.8 Å². The molecular weight excluding hydrogens is 261 g/mol. The van der Waals surface area contributed by atoms with E-state index in [1.165, 1.54) is 19.2 Å². The van der Waals surface area contributed by atoms with Crippen LogP contribution >= 0.6 is 0 Å². The van der Waals surface area contributed by atoms with Crippen molar-refractivity contribution < 1.29 is 13.9 Å². The van der Waals surface area contributed by atoms with Gasteiger partial charge in [-0.2, -0.15) is 0 Å². The topological polar surface area (TPSA) is 77.2 Å². The summed E-state index contributed by atoms with van der Waals surface area (Å²) in [4.78, 5) is 15.1. The molecule has 0 saturated carbocycles. The number of nitrogens with two attached hydrogens (primary N) is 1. The number of esters is 1. The van der Waals surface area contributed by atoms with Crippen molar-refractivity contribution in [3.05, 3.63) is 30.2 Å². The van der Waals surface area contributed by atoms with Gasteiger partial charge in [0.1, 0.15) is 11.6 Å². The average molecular weight is 277 g/mol. The third-order valence-corrected chi connectivity index (χ3v) is 2.99. The van der Waals surface area contributed by atoms with Gasteiger partial charge in [0.15, 0.2) is 0 Å². The van der Waals surface area contributed by atoms with Crippen molar-refractivity contribution in [2.45, 2.75) is 12.8 Å². The lowest BCUT2D eigenvalue weighted by Crippen LogP contribution is -2.08. The first-order valence-corrected chi connectivity index (χ1v) is 6.27. The van der Waals surface area contributed by atoms with Gasteiger partial charge < -0.3 is 15.8 Å². The van der Waals surface area contributed by atoms with E-state index in [4.69, 9.17) is 5.73 Å². The lowest BCUT2D eigenvalue weighted by atomic mass is 10.1. The van der Waals surface area contributed by atoms with Gasteiger partial charge >= 0.3 is 5.97 Å². The zero-order chi connectivity index (χ0) is 14.5. The van der Waals surface area contributed by atoms with Crippen molar-refractivity contribution in [3.63, 3.8) is 0 Å². The van der Waals surface area contributed by atoms with E-state index in [9.17, 15) is 9.18 Å². The number of nitrogens with zero attached hydrogens (tertiary/aromatic N) is 1. The molecule has 6 heteroatoms. The van der Waals surface area contributed by atoms with Gasteiger partial charge in [-0.15, -0.1) is 0 Å². The van der Waals surface area contributed by atoms with Crippen LogP contribution in [-0.2, 0) is 9.53 Å². The number of hydrogen-bond donors (Lipinski definition) is 2. The Kier molecular flexibility index (Phi) is 4.34. The summed E-state index contributed by atoms with van der Waals surface area (Å²) in [6.45, 7) is 0.495. The van der Waals surface area contributed by atoms with E-state index in [2.05, 4.69) is 15.0 Å². The summed E-state index contributed by atoms with van der Waals surface area (Å²) in [7, 11) is 1.35. The first kappa shape index (κ1) is 14.0. The molecule has 1 heterocycles. The average Bonchev–Trinajstić information content (AvgIpc) is 2.47. The number of nitrogens with one attached hydrogen (secondary N) is 1. The summed E-state index contributed by atoms with van der Waals surface area (Å²) >= 11 is 0. The van der Waals surface area contributed by atoms with E-state index < -0.39 is 0 Å². The predicted octanol–water partition coefficient (Wildman–Crippen LogP) is 2.32. The molecule has 0 radical (unpaired) electrons. The van der Waals surface area contributed by atoms with E-state index in [1.807, 2.05) is 0 Å². The van der Waals surface area contributed by atoms with Crippen molar-refractivity contribution in [3.8, 4) is 0 Å². The molecule has 0 aliphatic carbocycles. The number of hydrogen-bond acceptors (Lipinski definition) is 5. The summed E-state index contributed by atoms with van der Waals surface area (Å²) in [5, 5.41) is 4.01. The first-order chi connectivity index (χ1) is 9.63. The van der Waals surface area contributed by atoms with Crippen LogP contribution in [0.25, 0.3) is 10.8 Å². The molecular formula is C14H16FN3O2. The lowest BCUT2D eigenvalue weighted by molar-refractivity contribution is -0.140. The van der Waals surface area contributed by atoms with Crippen molar-refractivity contribution in [1.29, 1.82) is 0 Å². The van der Waals surface area contributed by atoms with Gasteiger partial charge in [0.05, 0.1) is 12.5 Å². The fraction of sp³-hybridized carbons (Fsp3) is 0.286. The Morgan fingerprint density at radius 1 is 1.45 bits per heavy atom. The number of pyridine rings is 1. The van der Waals surface area contributed by atoms with Crippen LogP contribution in [0.5, 0.6) is 0 Å². The van der Waals surface area contributed by atoms with Crippen molar-refractivity contribution in [2.24, 2.45) is 0 Å². The number of carbonyl (C=O) groups excluding carboxylic acids is 1. The first-order valence-electron chi connectivity index (χ1n) is 6.27. The van der Waals surface area contributed by atoms with E-state index in [-0.39, 0.29) is 11.8 Å². The highest BCUT2D eigenvalue weighted by Crippen LogP contribution is 2.28. The quantitative estimate of drug-likeness (QED) is 0.498. The normalized spacial score (nSPS) is 10.5. The third kappa shape index (κ3) is 2.96. The summed E-state index contributed by atoms with van der Waals surface area (Å²) in [6.07, 6.45) is 2.45. The molecule has 2 aromatic rings. The second-order valence-corrected chi connectivity index (χ2v) is 4.33. The van der Waals surface area contributed by atoms with Crippen molar-refractivity contribution >= 4 is 28.2 Å². The summed E-state index contributed by atoms with van der Waals surface area (Å²) in [6, 6.07) is 4.52. The number of ether oxygens (including phenoxy) is 1. The highest BCUT2D eigenvalue weighted by Gasteiger charge is 2.10. The fourth-order valence-corrected chi connectivity index (χ4v) is 1.96. The largest absolute Gasteiger partial charge is 0.469 e. The van der Waals surface area contributed by atoms with Crippen LogP contribution < -0.4 is 11.1 Å². The molecule has 20 heavy (non-hydrogen) atoms. The van der Waals surface area contributed by atoms with Crippen LogP contribution in [0, 0.1) is 5.82 Å². The van der Waals surface area contributed by atoms with Gasteiger partial charge in [-0.05, 0) is 24.6 Å². The number of fused-ring (bicyclic) bond motifs is 1. The summed E-state index contributed by atoms with van der Waals surface area (Å²) in [5.41, 5.74) is 6.32. The molecule has 0 atom stereocenters. The van der Waals surface area contributed by atoms with Crippen molar-refractivity contribution in [1.82, 2.24) is 4.98 Å². The molecule has 1 aromatic heterocycles.